The maximum atomic E-state index is 13.5. The number of hydrogen-bond acceptors (Lipinski definition) is 5. The first-order valence-corrected chi connectivity index (χ1v) is 13.0. The molecule has 0 saturated heterocycles. The number of hydrogen-bond donors (Lipinski definition) is 2. The van der Waals surface area contributed by atoms with Gasteiger partial charge in [-0.3, -0.25) is 4.79 Å². The molecule has 3 aromatic rings. The fourth-order valence-corrected chi connectivity index (χ4v) is 4.52. The van der Waals surface area contributed by atoms with Crippen LogP contribution in [0.1, 0.15) is 29.5 Å². The molecule has 7 heteroatoms. The lowest BCUT2D eigenvalue weighted by Gasteiger charge is -2.24. The van der Waals surface area contributed by atoms with Crippen molar-refractivity contribution < 1.29 is 19.4 Å². The maximum Gasteiger partial charge on any atom is 0.251 e. The first-order valence-electron chi connectivity index (χ1n) is 12.2. The van der Waals surface area contributed by atoms with Crippen molar-refractivity contribution in [1.82, 2.24) is 5.32 Å². The van der Waals surface area contributed by atoms with Crippen LogP contribution in [-0.2, 0) is 22.4 Å². The first-order chi connectivity index (χ1) is 17.6. The Morgan fingerprint density at radius 2 is 1.78 bits per heavy atom. The second-order valence-electron chi connectivity index (χ2n) is 8.80. The number of ether oxygens (including phenoxy) is 2. The van der Waals surface area contributed by atoms with Crippen LogP contribution < -0.4 is 10.1 Å². The van der Waals surface area contributed by atoms with Gasteiger partial charge in [-0.05, 0) is 54.3 Å². The predicted octanol–water partition coefficient (Wildman–Crippen LogP) is 4.72. The van der Waals surface area contributed by atoms with Crippen LogP contribution in [0, 0.1) is 0 Å². The summed E-state index contributed by atoms with van der Waals surface area (Å²) in [7, 11) is 0. The van der Waals surface area contributed by atoms with Gasteiger partial charge in [0.2, 0.25) is 5.90 Å². The van der Waals surface area contributed by atoms with Crippen molar-refractivity contribution in [2.75, 3.05) is 26.4 Å². The van der Waals surface area contributed by atoms with Crippen LogP contribution in [0.3, 0.4) is 0 Å². The highest BCUT2D eigenvalue weighted by molar-refractivity contribution is 9.10. The molecular formula is C29H31BrN2O4. The molecule has 1 atom stereocenters. The zero-order chi connectivity index (χ0) is 25.2. The van der Waals surface area contributed by atoms with Crippen molar-refractivity contribution in [3.8, 4) is 5.75 Å². The summed E-state index contributed by atoms with van der Waals surface area (Å²) in [5.74, 6) is 1.02. The Labute approximate surface area is 220 Å². The highest BCUT2D eigenvalue weighted by Gasteiger charge is 2.44. The van der Waals surface area contributed by atoms with E-state index in [0.29, 0.717) is 37.6 Å². The van der Waals surface area contributed by atoms with E-state index >= 15 is 0 Å². The molecule has 0 bridgehead atoms. The smallest absolute Gasteiger partial charge is 0.251 e. The van der Waals surface area contributed by atoms with Gasteiger partial charge in [0, 0.05) is 36.0 Å². The zero-order valence-electron chi connectivity index (χ0n) is 20.2. The molecule has 36 heavy (non-hydrogen) atoms. The number of rotatable bonds is 12. The van der Waals surface area contributed by atoms with Gasteiger partial charge >= 0.3 is 0 Å². The van der Waals surface area contributed by atoms with Gasteiger partial charge < -0.3 is 19.9 Å². The topological polar surface area (TPSA) is 80.2 Å². The summed E-state index contributed by atoms with van der Waals surface area (Å²) in [6, 6.07) is 25.6. The van der Waals surface area contributed by atoms with Crippen molar-refractivity contribution in [1.29, 1.82) is 0 Å². The largest absolute Gasteiger partial charge is 0.494 e. The van der Waals surface area contributed by atoms with Crippen molar-refractivity contribution >= 4 is 27.7 Å². The minimum absolute atomic E-state index is 0.0939. The van der Waals surface area contributed by atoms with E-state index < -0.39 is 5.54 Å². The van der Waals surface area contributed by atoms with E-state index in [9.17, 15) is 4.79 Å². The minimum atomic E-state index is -1.05. The normalized spacial score (nSPS) is 16.8. The number of aliphatic hydroxyl groups excluding tert-OH is 1. The third-order valence-electron chi connectivity index (χ3n) is 6.07. The summed E-state index contributed by atoms with van der Waals surface area (Å²) in [6.07, 6.45) is 2.74. The number of aryl methyl sites for hydroxylation is 1. The quantitative estimate of drug-likeness (QED) is 0.320. The van der Waals surface area contributed by atoms with Crippen LogP contribution in [0.2, 0.25) is 0 Å². The molecule has 0 aliphatic carbocycles. The van der Waals surface area contributed by atoms with E-state index in [1.54, 1.807) is 0 Å². The van der Waals surface area contributed by atoms with E-state index in [0.717, 1.165) is 28.4 Å². The van der Waals surface area contributed by atoms with Gasteiger partial charge in [0.1, 0.15) is 12.4 Å². The fourth-order valence-electron chi connectivity index (χ4n) is 4.09. The number of carbonyl (C=O) groups excluding carboxylic acids is 1. The number of nitrogens with one attached hydrogen (secondary N) is 1. The molecule has 0 unspecified atom stereocenters. The molecular weight excluding hydrogens is 520 g/mol. The fraction of sp³-hybridized carbons (Fsp3) is 0.310. The number of halogens is 1. The third-order valence-corrected chi connectivity index (χ3v) is 6.84. The SMILES string of the molecule is O=C(NCCCc1ccccc1)[C@@]1(Cc2ccccc2Br)COC(c2ccc(OCCCO)cc2)=N1. The second kappa shape index (κ2) is 12.7. The third kappa shape index (κ3) is 6.74. The summed E-state index contributed by atoms with van der Waals surface area (Å²) in [4.78, 5) is 18.4. The molecule has 0 fully saturated rings. The maximum absolute atomic E-state index is 13.5. The van der Waals surface area contributed by atoms with Crippen LogP contribution in [0.5, 0.6) is 5.75 Å². The standard InChI is InChI=1S/C29H31BrN2O4/c30-26-12-5-4-11-24(26)20-29(28(34)31-17-6-10-22-8-2-1-3-9-22)21-36-27(32-29)23-13-15-25(16-14-23)35-19-7-18-33/h1-5,8-9,11-16,33H,6-7,10,17-21H2,(H,31,34)/t29-/m1/s1. The van der Waals surface area contributed by atoms with E-state index in [1.165, 1.54) is 5.56 Å². The lowest BCUT2D eigenvalue weighted by molar-refractivity contribution is -0.126. The molecule has 0 aromatic heterocycles. The Morgan fingerprint density at radius 3 is 2.53 bits per heavy atom. The molecule has 0 radical (unpaired) electrons. The van der Waals surface area contributed by atoms with E-state index in [4.69, 9.17) is 19.6 Å². The second-order valence-corrected chi connectivity index (χ2v) is 9.65. The Hall–Kier alpha value is -3.16. The van der Waals surface area contributed by atoms with Crippen LogP contribution in [0.15, 0.2) is 88.3 Å². The predicted molar refractivity (Wildman–Crippen MR) is 144 cm³/mol. The highest BCUT2D eigenvalue weighted by Crippen LogP contribution is 2.30. The lowest BCUT2D eigenvalue weighted by atomic mass is 9.91. The van der Waals surface area contributed by atoms with Gasteiger partial charge in [-0.1, -0.05) is 64.5 Å². The first kappa shape index (κ1) is 25.9. The highest BCUT2D eigenvalue weighted by atomic mass is 79.9. The summed E-state index contributed by atoms with van der Waals surface area (Å²) in [5, 5.41) is 12.0. The summed E-state index contributed by atoms with van der Waals surface area (Å²) in [5.41, 5.74) is 1.99. The molecule has 1 aliphatic heterocycles. The molecule has 6 nitrogen and oxygen atoms in total. The molecule has 0 spiro atoms. The van der Waals surface area contributed by atoms with Gasteiger partial charge in [0.05, 0.1) is 6.61 Å². The van der Waals surface area contributed by atoms with Crippen molar-refractivity contribution in [2.24, 2.45) is 4.99 Å². The Balaban J connectivity index is 1.48. The zero-order valence-corrected chi connectivity index (χ0v) is 21.7. The number of aliphatic imine (C=N–C) groups is 1. The number of aliphatic hydroxyl groups is 1. The van der Waals surface area contributed by atoms with Crippen molar-refractivity contribution in [3.63, 3.8) is 0 Å². The van der Waals surface area contributed by atoms with Crippen LogP contribution in [0.4, 0.5) is 0 Å². The average Bonchev–Trinajstić information content (AvgIpc) is 3.34. The summed E-state index contributed by atoms with van der Waals surface area (Å²) >= 11 is 3.61. The van der Waals surface area contributed by atoms with Crippen LogP contribution in [0.25, 0.3) is 0 Å². The monoisotopic (exact) mass is 550 g/mol. The molecule has 1 heterocycles. The Morgan fingerprint density at radius 1 is 1.03 bits per heavy atom. The van der Waals surface area contributed by atoms with Crippen molar-refractivity contribution in [3.05, 3.63) is 100 Å². The molecule has 3 aromatic carbocycles. The van der Waals surface area contributed by atoms with Gasteiger partial charge in [0.15, 0.2) is 5.54 Å². The molecule has 0 saturated carbocycles. The van der Waals surface area contributed by atoms with Crippen LogP contribution in [-0.4, -0.2) is 48.8 Å². The van der Waals surface area contributed by atoms with Crippen LogP contribution >= 0.6 is 15.9 Å². The number of amides is 1. The van der Waals surface area contributed by atoms with E-state index in [-0.39, 0.29) is 19.1 Å². The molecule has 4 rings (SSSR count). The van der Waals surface area contributed by atoms with E-state index in [2.05, 4.69) is 33.4 Å². The Kier molecular flexibility index (Phi) is 9.14. The number of carbonyl (C=O) groups is 1. The van der Waals surface area contributed by atoms with Gasteiger partial charge in [-0.25, -0.2) is 4.99 Å². The number of benzene rings is 3. The average molecular weight is 551 g/mol. The van der Waals surface area contributed by atoms with Gasteiger partial charge in [0.25, 0.3) is 5.91 Å². The molecule has 1 amide bonds. The molecule has 188 valence electrons. The van der Waals surface area contributed by atoms with Crippen molar-refractivity contribution in [2.45, 2.75) is 31.2 Å². The number of nitrogens with zero attached hydrogens (tertiary/aromatic N) is 1. The molecule has 1 aliphatic rings. The minimum Gasteiger partial charge on any atom is -0.494 e. The summed E-state index contributed by atoms with van der Waals surface area (Å²) < 4.78 is 12.6. The van der Waals surface area contributed by atoms with E-state index in [1.807, 2.05) is 66.7 Å². The molecule has 2 N–H and O–H groups in total. The van der Waals surface area contributed by atoms with Gasteiger partial charge in [-0.2, -0.15) is 0 Å². The van der Waals surface area contributed by atoms with Gasteiger partial charge in [-0.15, -0.1) is 0 Å². The Bertz CT molecular complexity index is 1170. The lowest BCUT2D eigenvalue weighted by Crippen LogP contribution is -2.48. The summed E-state index contributed by atoms with van der Waals surface area (Å²) in [6.45, 7) is 1.28.